The molecule has 0 fully saturated rings. The second-order valence-electron chi connectivity index (χ2n) is 6.58. The molecule has 32 heavy (non-hydrogen) atoms. The number of hydrogen-bond acceptors (Lipinski definition) is 7. The lowest BCUT2D eigenvalue weighted by Crippen LogP contribution is -2.25. The largest absolute Gasteiger partial charge is 0.497 e. The number of rotatable bonds is 8. The van der Waals surface area contributed by atoms with Crippen LogP contribution in [0, 0.1) is 0 Å². The van der Waals surface area contributed by atoms with Crippen LogP contribution in [0.3, 0.4) is 0 Å². The fraction of sp³-hybridized carbons (Fsp3) is 0.125. The Morgan fingerprint density at radius 2 is 1.72 bits per heavy atom. The average molecular weight is 434 g/mol. The van der Waals surface area contributed by atoms with E-state index in [1.807, 2.05) is 0 Å². The van der Waals surface area contributed by atoms with Gasteiger partial charge < -0.3 is 19.3 Å². The van der Waals surface area contributed by atoms with E-state index in [2.05, 4.69) is 10.5 Å². The molecular formula is C24H22N2O6. The highest BCUT2D eigenvalue weighted by atomic mass is 16.6. The SMILES string of the molecule is COc1cccc(C(=O)Oc2ccc(/C=N\NC(=O)[C@@H](O)c3ccccc3)cc2OC)c1. The lowest BCUT2D eigenvalue weighted by atomic mass is 10.1. The van der Waals surface area contributed by atoms with Gasteiger partial charge in [-0.05, 0) is 47.5 Å². The van der Waals surface area contributed by atoms with Crippen LogP contribution in [0.25, 0.3) is 0 Å². The molecular weight excluding hydrogens is 412 g/mol. The van der Waals surface area contributed by atoms with Gasteiger partial charge in [-0.2, -0.15) is 5.10 Å². The van der Waals surface area contributed by atoms with Crippen LogP contribution >= 0.6 is 0 Å². The van der Waals surface area contributed by atoms with Gasteiger partial charge in [0.15, 0.2) is 17.6 Å². The molecule has 2 N–H and O–H groups in total. The van der Waals surface area contributed by atoms with Gasteiger partial charge in [-0.3, -0.25) is 4.79 Å². The molecule has 0 heterocycles. The van der Waals surface area contributed by atoms with Crippen molar-refractivity contribution in [2.24, 2.45) is 5.10 Å². The summed E-state index contributed by atoms with van der Waals surface area (Å²) in [6.45, 7) is 0. The molecule has 1 amide bonds. The van der Waals surface area contributed by atoms with Crippen molar-refractivity contribution >= 4 is 18.1 Å². The normalized spacial score (nSPS) is 11.6. The predicted molar refractivity (Wildman–Crippen MR) is 118 cm³/mol. The minimum atomic E-state index is -1.33. The van der Waals surface area contributed by atoms with E-state index in [4.69, 9.17) is 14.2 Å². The van der Waals surface area contributed by atoms with E-state index in [-0.39, 0.29) is 5.75 Å². The van der Waals surface area contributed by atoms with Crippen LogP contribution in [0.4, 0.5) is 0 Å². The standard InChI is InChI=1S/C24H22N2O6/c1-30-19-10-6-9-18(14-19)24(29)32-20-12-11-16(13-21(20)31-2)15-25-26-23(28)22(27)17-7-4-3-5-8-17/h3-15,22,27H,1-2H3,(H,26,28)/b25-15-/t22-/m0/s1. The maximum absolute atomic E-state index is 12.4. The molecule has 0 aromatic heterocycles. The van der Waals surface area contributed by atoms with E-state index in [0.717, 1.165) is 0 Å². The van der Waals surface area contributed by atoms with Crippen molar-refractivity contribution in [2.75, 3.05) is 14.2 Å². The molecule has 0 aliphatic heterocycles. The fourth-order valence-electron chi connectivity index (χ4n) is 2.78. The summed E-state index contributed by atoms with van der Waals surface area (Å²) in [7, 11) is 2.95. The number of nitrogens with zero attached hydrogens (tertiary/aromatic N) is 1. The second-order valence-corrected chi connectivity index (χ2v) is 6.58. The van der Waals surface area contributed by atoms with E-state index >= 15 is 0 Å². The molecule has 0 radical (unpaired) electrons. The summed E-state index contributed by atoms with van der Waals surface area (Å²) in [5, 5.41) is 13.9. The maximum Gasteiger partial charge on any atom is 0.343 e. The number of hydrazone groups is 1. The van der Waals surface area contributed by atoms with Crippen LogP contribution in [0.2, 0.25) is 0 Å². The monoisotopic (exact) mass is 434 g/mol. The van der Waals surface area contributed by atoms with Crippen molar-refractivity contribution < 1.29 is 28.9 Å². The minimum absolute atomic E-state index is 0.223. The number of nitrogens with one attached hydrogen (secondary N) is 1. The van der Waals surface area contributed by atoms with E-state index in [9.17, 15) is 14.7 Å². The molecule has 0 saturated carbocycles. The van der Waals surface area contributed by atoms with Crippen molar-refractivity contribution in [1.29, 1.82) is 0 Å². The van der Waals surface area contributed by atoms with Crippen molar-refractivity contribution in [3.63, 3.8) is 0 Å². The average Bonchev–Trinajstić information content (AvgIpc) is 2.84. The molecule has 164 valence electrons. The molecule has 0 unspecified atom stereocenters. The number of aliphatic hydroxyl groups excluding tert-OH is 1. The van der Waals surface area contributed by atoms with E-state index in [1.165, 1.54) is 20.4 Å². The Hall–Kier alpha value is -4.17. The Balaban J connectivity index is 1.65. The molecule has 0 spiro atoms. The molecule has 8 heteroatoms. The summed E-state index contributed by atoms with van der Waals surface area (Å²) in [5.41, 5.74) is 3.66. The Morgan fingerprint density at radius 3 is 2.44 bits per heavy atom. The van der Waals surface area contributed by atoms with Gasteiger partial charge in [0.1, 0.15) is 5.75 Å². The number of amides is 1. The molecule has 0 aliphatic carbocycles. The molecule has 3 aromatic rings. The summed E-state index contributed by atoms with van der Waals surface area (Å²) >= 11 is 0. The van der Waals surface area contributed by atoms with Gasteiger partial charge in [-0.15, -0.1) is 0 Å². The smallest absolute Gasteiger partial charge is 0.343 e. The van der Waals surface area contributed by atoms with Crippen LogP contribution in [-0.4, -0.2) is 37.4 Å². The Labute approximate surface area is 185 Å². The van der Waals surface area contributed by atoms with Crippen molar-refractivity contribution in [3.05, 3.63) is 89.5 Å². The highest BCUT2D eigenvalue weighted by Crippen LogP contribution is 2.28. The van der Waals surface area contributed by atoms with Gasteiger partial charge in [0.25, 0.3) is 5.91 Å². The van der Waals surface area contributed by atoms with Gasteiger partial charge >= 0.3 is 5.97 Å². The number of esters is 1. The van der Waals surface area contributed by atoms with Crippen molar-refractivity contribution in [3.8, 4) is 17.2 Å². The first-order chi connectivity index (χ1) is 15.5. The Kier molecular flexibility index (Phi) is 7.55. The number of ether oxygens (including phenoxy) is 3. The third-order valence-electron chi connectivity index (χ3n) is 4.45. The lowest BCUT2D eigenvalue weighted by molar-refractivity contribution is -0.129. The minimum Gasteiger partial charge on any atom is -0.497 e. The van der Waals surface area contributed by atoms with Crippen molar-refractivity contribution in [1.82, 2.24) is 5.43 Å². The first-order valence-electron chi connectivity index (χ1n) is 9.62. The van der Waals surface area contributed by atoms with Crippen LogP contribution in [0.1, 0.15) is 27.6 Å². The summed E-state index contributed by atoms with van der Waals surface area (Å²) in [4.78, 5) is 24.5. The third kappa shape index (κ3) is 5.71. The molecule has 3 rings (SSSR count). The van der Waals surface area contributed by atoms with Crippen LogP contribution in [0.15, 0.2) is 77.9 Å². The summed E-state index contributed by atoms with van der Waals surface area (Å²) < 4.78 is 15.9. The first kappa shape index (κ1) is 22.5. The van der Waals surface area contributed by atoms with Gasteiger partial charge in [0.05, 0.1) is 26.0 Å². The number of carbonyl (C=O) groups is 2. The predicted octanol–water partition coefficient (Wildman–Crippen LogP) is 3.11. The topological polar surface area (TPSA) is 106 Å². The molecule has 0 bridgehead atoms. The van der Waals surface area contributed by atoms with E-state index < -0.39 is 18.0 Å². The van der Waals surface area contributed by atoms with E-state index in [1.54, 1.807) is 72.8 Å². The van der Waals surface area contributed by atoms with Crippen LogP contribution < -0.4 is 19.6 Å². The Morgan fingerprint density at radius 1 is 0.938 bits per heavy atom. The van der Waals surface area contributed by atoms with Gasteiger partial charge in [0.2, 0.25) is 0 Å². The van der Waals surface area contributed by atoms with Gasteiger partial charge in [-0.25, -0.2) is 10.2 Å². The van der Waals surface area contributed by atoms with Gasteiger partial charge in [-0.1, -0.05) is 36.4 Å². The van der Waals surface area contributed by atoms with E-state index in [0.29, 0.717) is 28.2 Å². The third-order valence-corrected chi connectivity index (χ3v) is 4.45. The Bertz CT molecular complexity index is 1110. The summed E-state index contributed by atoms with van der Waals surface area (Å²) in [5.74, 6) is -0.159. The summed E-state index contributed by atoms with van der Waals surface area (Å²) in [6, 6.07) is 19.9. The molecule has 0 saturated heterocycles. The highest BCUT2D eigenvalue weighted by molar-refractivity contribution is 5.92. The van der Waals surface area contributed by atoms with Crippen LogP contribution in [0.5, 0.6) is 17.2 Å². The zero-order valence-electron chi connectivity index (χ0n) is 17.5. The number of benzene rings is 3. The zero-order chi connectivity index (χ0) is 22.9. The molecule has 0 aliphatic rings. The number of aliphatic hydroxyl groups is 1. The fourth-order valence-corrected chi connectivity index (χ4v) is 2.78. The quantitative estimate of drug-likeness (QED) is 0.244. The maximum atomic E-state index is 12.4. The number of carbonyl (C=O) groups excluding carboxylic acids is 2. The molecule has 3 aromatic carbocycles. The number of hydrogen-bond donors (Lipinski definition) is 2. The lowest BCUT2D eigenvalue weighted by Gasteiger charge is -2.11. The van der Waals surface area contributed by atoms with Crippen molar-refractivity contribution in [2.45, 2.75) is 6.10 Å². The highest BCUT2D eigenvalue weighted by Gasteiger charge is 2.16. The molecule has 8 nitrogen and oxygen atoms in total. The first-order valence-corrected chi connectivity index (χ1v) is 9.62. The van der Waals surface area contributed by atoms with Gasteiger partial charge in [0, 0.05) is 0 Å². The summed E-state index contributed by atoms with van der Waals surface area (Å²) in [6.07, 6.45) is 0.0486. The second kappa shape index (κ2) is 10.7. The number of methoxy groups -OCH3 is 2. The molecule has 1 atom stereocenters. The zero-order valence-corrected chi connectivity index (χ0v) is 17.5. The van der Waals surface area contributed by atoms with Crippen LogP contribution in [-0.2, 0) is 4.79 Å².